The molecule has 0 fully saturated rings. The molecule has 0 aliphatic rings. The standard InChI is InChI=1S/C13H18BrN3O2/c1-9(12(18)16-13(19)15-2)17(3)8-10-4-6-11(14)7-5-10/h4-7,9H,8H2,1-3H3,(H2,15,16,18,19)/p+1/t9-/m1/s1. The van der Waals surface area contributed by atoms with E-state index >= 15 is 0 Å². The fourth-order valence-electron chi connectivity index (χ4n) is 1.58. The van der Waals surface area contributed by atoms with E-state index in [1.54, 1.807) is 6.92 Å². The largest absolute Gasteiger partial charge is 0.341 e. The van der Waals surface area contributed by atoms with Crippen molar-refractivity contribution < 1.29 is 14.5 Å². The van der Waals surface area contributed by atoms with E-state index in [-0.39, 0.29) is 11.9 Å². The Morgan fingerprint density at radius 2 is 1.89 bits per heavy atom. The summed E-state index contributed by atoms with van der Waals surface area (Å²) in [5, 5.41) is 4.65. The molecule has 104 valence electrons. The van der Waals surface area contributed by atoms with Gasteiger partial charge in [-0.25, -0.2) is 4.79 Å². The molecule has 6 heteroatoms. The molecule has 5 nitrogen and oxygen atoms in total. The Labute approximate surface area is 121 Å². The Hall–Kier alpha value is -1.40. The van der Waals surface area contributed by atoms with Crippen molar-refractivity contribution in [2.75, 3.05) is 14.1 Å². The number of hydrogen-bond acceptors (Lipinski definition) is 2. The van der Waals surface area contributed by atoms with Crippen molar-refractivity contribution in [3.05, 3.63) is 34.3 Å². The number of halogens is 1. The van der Waals surface area contributed by atoms with Crippen molar-refractivity contribution in [1.29, 1.82) is 0 Å². The van der Waals surface area contributed by atoms with Gasteiger partial charge in [-0.1, -0.05) is 28.1 Å². The van der Waals surface area contributed by atoms with Crippen molar-refractivity contribution in [2.45, 2.75) is 19.5 Å². The van der Waals surface area contributed by atoms with Crippen LogP contribution in [0.1, 0.15) is 12.5 Å². The first kappa shape index (κ1) is 15.7. The molecule has 3 N–H and O–H groups in total. The topological polar surface area (TPSA) is 62.6 Å². The fourth-order valence-corrected chi connectivity index (χ4v) is 1.85. The SMILES string of the molecule is CNC(=O)NC(=O)[C@@H](C)[NH+](C)Cc1ccc(Br)cc1. The van der Waals surface area contributed by atoms with E-state index in [4.69, 9.17) is 0 Å². The van der Waals surface area contributed by atoms with Crippen molar-refractivity contribution in [2.24, 2.45) is 0 Å². The van der Waals surface area contributed by atoms with Crippen molar-refractivity contribution in [3.8, 4) is 0 Å². The van der Waals surface area contributed by atoms with Crippen LogP contribution in [0.15, 0.2) is 28.7 Å². The highest BCUT2D eigenvalue weighted by Gasteiger charge is 2.23. The van der Waals surface area contributed by atoms with Crippen LogP contribution in [0.4, 0.5) is 4.79 Å². The number of hydrogen-bond donors (Lipinski definition) is 3. The molecule has 0 aliphatic heterocycles. The van der Waals surface area contributed by atoms with Crippen LogP contribution in [0.2, 0.25) is 0 Å². The first-order valence-corrected chi connectivity index (χ1v) is 6.82. The second-order valence-electron chi connectivity index (χ2n) is 4.44. The van der Waals surface area contributed by atoms with E-state index < -0.39 is 6.03 Å². The normalized spacial score (nSPS) is 13.5. The molecule has 1 unspecified atom stereocenters. The summed E-state index contributed by atoms with van der Waals surface area (Å²) in [6.07, 6.45) is 0. The van der Waals surface area contributed by atoms with Gasteiger partial charge in [0.1, 0.15) is 6.54 Å². The predicted molar refractivity (Wildman–Crippen MR) is 76.8 cm³/mol. The fraction of sp³-hybridized carbons (Fsp3) is 0.385. The molecule has 1 aromatic carbocycles. The summed E-state index contributed by atoms with van der Waals surface area (Å²) in [4.78, 5) is 23.9. The van der Waals surface area contributed by atoms with Gasteiger partial charge >= 0.3 is 6.03 Å². The van der Waals surface area contributed by atoms with Crippen molar-refractivity contribution in [1.82, 2.24) is 10.6 Å². The monoisotopic (exact) mass is 328 g/mol. The van der Waals surface area contributed by atoms with E-state index in [1.165, 1.54) is 7.05 Å². The molecule has 1 aromatic rings. The average molecular weight is 329 g/mol. The molecule has 0 bridgehead atoms. The quantitative estimate of drug-likeness (QED) is 0.744. The third kappa shape index (κ3) is 5.00. The van der Waals surface area contributed by atoms with Gasteiger partial charge in [-0.3, -0.25) is 10.1 Å². The highest BCUT2D eigenvalue weighted by molar-refractivity contribution is 9.10. The smallest absolute Gasteiger partial charge is 0.321 e. The number of carbonyl (C=O) groups is 2. The lowest BCUT2D eigenvalue weighted by Gasteiger charge is -2.20. The molecule has 0 saturated carbocycles. The number of likely N-dealkylation sites (N-methyl/N-ethyl adjacent to an activating group) is 1. The lowest BCUT2D eigenvalue weighted by Crippen LogP contribution is -3.12. The van der Waals surface area contributed by atoms with Gasteiger partial charge in [0, 0.05) is 17.1 Å². The summed E-state index contributed by atoms with van der Waals surface area (Å²) in [6, 6.07) is 7.18. The van der Waals surface area contributed by atoms with E-state index in [0.29, 0.717) is 0 Å². The van der Waals surface area contributed by atoms with E-state index in [2.05, 4.69) is 26.6 Å². The van der Waals surface area contributed by atoms with Gasteiger partial charge in [-0.15, -0.1) is 0 Å². The second-order valence-corrected chi connectivity index (χ2v) is 5.36. The summed E-state index contributed by atoms with van der Waals surface area (Å²) in [6.45, 7) is 2.52. The van der Waals surface area contributed by atoms with Gasteiger partial charge in [0.05, 0.1) is 7.05 Å². The molecule has 0 radical (unpaired) electrons. The van der Waals surface area contributed by atoms with Gasteiger partial charge in [-0.05, 0) is 19.1 Å². The number of nitrogens with one attached hydrogen (secondary N) is 3. The molecule has 0 aliphatic carbocycles. The summed E-state index contributed by atoms with van der Waals surface area (Å²) in [7, 11) is 3.40. The third-order valence-corrected chi connectivity index (χ3v) is 3.52. The Bertz CT molecular complexity index is 448. The van der Waals surface area contributed by atoms with Gasteiger partial charge < -0.3 is 10.2 Å². The number of quaternary nitrogens is 1. The first-order chi connectivity index (χ1) is 8.93. The molecule has 0 spiro atoms. The number of imide groups is 1. The first-order valence-electron chi connectivity index (χ1n) is 6.03. The molecule has 2 atom stereocenters. The maximum Gasteiger partial charge on any atom is 0.321 e. The molecular weight excluding hydrogens is 310 g/mol. The van der Waals surface area contributed by atoms with Crippen molar-refractivity contribution >= 4 is 27.9 Å². The van der Waals surface area contributed by atoms with Crippen LogP contribution >= 0.6 is 15.9 Å². The Morgan fingerprint density at radius 3 is 2.42 bits per heavy atom. The van der Waals surface area contributed by atoms with Crippen LogP contribution < -0.4 is 15.5 Å². The maximum atomic E-state index is 11.8. The molecule has 1 rings (SSSR count). The van der Waals surface area contributed by atoms with Gasteiger partial charge in [-0.2, -0.15) is 0 Å². The Balaban J connectivity index is 2.56. The lowest BCUT2D eigenvalue weighted by molar-refractivity contribution is -0.908. The average Bonchev–Trinajstić information content (AvgIpc) is 2.40. The van der Waals surface area contributed by atoms with Crippen LogP contribution in [-0.2, 0) is 11.3 Å². The summed E-state index contributed by atoms with van der Waals surface area (Å²) in [5.74, 6) is -0.283. The van der Waals surface area contributed by atoms with Crippen LogP contribution in [0.25, 0.3) is 0 Å². The van der Waals surface area contributed by atoms with E-state index in [9.17, 15) is 9.59 Å². The minimum atomic E-state index is -0.478. The minimum Gasteiger partial charge on any atom is -0.341 e. The predicted octanol–water partition coefficient (Wildman–Crippen LogP) is 0.308. The zero-order chi connectivity index (χ0) is 14.4. The van der Waals surface area contributed by atoms with Crippen LogP contribution in [0, 0.1) is 0 Å². The lowest BCUT2D eigenvalue weighted by atomic mass is 10.2. The molecule has 0 aromatic heterocycles. The Morgan fingerprint density at radius 1 is 1.32 bits per heavy atom. The second kappa shape index (κ2) is 7.25. The number of carbonyl (C=O) groups excluding carboxylic acids is 2. The highest BCUT2D eigenvalue weighted by Crippen LogP contribution is 2.09. The third-order valence-electron chi connectivity index (χ3n) is 2.99. The van der Waals surface area contributed by atoms with Gasteiger partial charge in [0.2, 0.25) is 0 Å². The minimum absolute atomic E-state index is 0.283. The number of urea groups is 1. The van der Waals surface area contributed by atoms with Crippen molar-refractivity contribution in [3.63, 3.8) is 0 Å². The van der Waals surface area contributed by atoms with Gasteiger partial charge in [0.25, 0.3) is 5.91 Å². The summed E-state index contributed by atoms with van der Waals surface area (Å²) >= 11 is 3.38. The van der Waals surface area contributed by atoms with Gasteiger partial charge in [0.15, 0.2) is 6.04 Å². The zero-order valence-corrected chi connectivity index (χ0v) is 12.9. The van der Waals surface area contributed by atoms with Crippen LogP contribution in [0.3, 0.4) is 0 Å². The molecular formula is C13H19BrN3O2+. The molecule has 0 heterocycles. The van der Waals surface area contributed by atoms with E-state index in [0.717, 1.165) is 21.5 Å². The number of rotatable bonds is 4. The molecule has 19 heavy (non-hydrogen) atoms. The number of amides is 3. The molecule has 3 amide bonds. The highest BCUT2D eigenvalue weighted by atomic mass is 79.9. The van der Waals surface area contributed by atoms with Crippen LogP contribution in [-0.4, -0.2) is 32.1 Å². The summed E-state index contributed by atoms with van der Waals surface area (Å²) in [5.41, 5.74) is 1.14. The summed E-state index contributed by atoms with van der Waals surface area (Å²) < 4.78 is 1.03. The van der Waals surface area contributed by atoms with E-state index in [1.807, 2.05) is 31.3 Å². The maximum absolute atomic E-state index is 11.8. The van der Waals surface area contributed by atoms with Crippen LogP contribution in [0.5, 0.6) is 0 Å². The molecule has 0 saturated heterocycles. The Kier molecular flexibility index (Phi) is 5.98. The zero-order valence-electron chi connectivity index (χ0n) is 11.3. The number of benzene rings is 1.